The van der Waals surface area contributed by atoms with Crippen LogP contribution in [0.15, 0.2) is 87.5 Å². The Morgan fingerprint density at radius 3 is 2.59 bits per heavy atom. The van der Waals surface area contributed by atoms with Crippen LogP contribution in [0.2, 0.25) is 0 Å². The van der Waals surface area contributed by atoms with Gasteiger partial charge in [-0.3, -0.25) is 19.7 Å². The van der Waals surface area contributed by atoms with Gasteiger partial charge in [0.25, 0.3) is 17.2 Å². The predicted octanol–water partition coefficient (Wildman–Crippen LogP) is 2.50. The summed E-state index contributed by atoms with van der Waals surface area (Å²) < 4.78 is 6.13. The van der Waals surface area contributed by atoms with E-state index >= 15 is 0 Å². The standard InChI is InChI=1S/C23H17N5O6/c29-21(25-16-6-2-1-3-7-16)14-34-20-11-10-17(28(32)33)12-15(20)13-24-27-22(30)18-8-4-5-9-19(18)26-23(27)31/h1-13H,14H2,(H,25,29)(H,26,31). The van der Waals surface area contributed by atoms with Crippen molar-refractivity contribution in [3.8, 4) is 5.75 Å². The van der Waals surface area contributed by atoms with Crippen LogP contribution in [0.3, 0.4) is 0 Å². The molecule has 11 heteroatoms. The van der Waals surface area contributed by atoms with Gasteiger partial charge < -0.3 is 15.0 Å². The molecule has 0 spiro atoms. The number of hydrogen-bond donors (Lipinski definition) is 2. The van der Waals surface area contributed by atoms with Gasteiger partial charge in [-0.25, -0.2) is 4.79 Å². The molecule has 0 aliphatic heterocycles. The number of benzene rings is 3. The van der Waals surface area contributed by atoms with E-state index in [-0.39, 0.29) is 29.0 Å². The van der Waals surface area contributed by atoms with Crippen LogP contribution < -0.4 is 21.3 Å². The van der Waals surface area contributed by atoms with Crippen molar-refractivity contribution in [2.75, 3.05) is 11.9 Å². The highest BCUT2D eigenvalue weighted by molar-refractivity contribution is 5.92. The third-order valence-electron chi connectivity index (χ3n) is 4.72. The molecule has 34 heavy (non-hydrogen) atoms. The molecule has 3 aromatic carbocycles. The van der Waals surface area contributed by atoms with E-state index in [0.717, 1.165) is 12.3 Å². The molecule has 0 saturated heterocycles. The molecule has 0 bridgehead atoms. The minimum Gasteiger partial charge on any atom is -0.483 e. The zero-order chi connectivity index (χ0) is 24.1. The SMILES string of the molecule is O=C(COc1ccc([N+](=O)[O-])cc1C=Nn1c(=O)[nH]c2ccccc2c1=O)Nc1ccccc1. The summed E-state index contributed by atoms with van der Waals surface area (Å²) in [5.41, 5.74) is -0.673. The number of para-hydroxylation sites is 2. The molecule has 0 fully saturated rings. The summed E-state index contributed by atoms with van der Waals surface area (Å²) in [5.74, 6) is -0.350. The predicted molar refractivity (Wildman–Crippen MR) is 125 cm³/mol. The second kappa shape index (κ2) is 9.61. The lowest BCUT2D eigenvalue weighted by atomic mass is 10.2. The Morgan fingerprint density at radius 1 is 1.09 bits per heavy atom. The van der Waals surface area contributed by atoms with Crippen LogP contribution in [0.4, 0.5) is 11.4 Å². The van der Waals surface area contributed by atoms with E-state index in [1.54, 1.807) is 48.5 Å². The normalized spacial score (nSPS) is 10.9. The largest absolute Gasteiger partial charge is 0.483 e. The van der Waals surface area contributed by atoms with E-state index in [2.05, 4.69) is 15.4 Å². The number of non-ortho nitro benzene ring substituents is 1. The number of carbonyl (C=O) groups excluding carboxylic acids is 1. The molecule has 170 valence electrons. The van der Waals surface area contributed by atoms with Crippen LogP contribution >= 0.6 is 0 Å². The monoisotopic (exact) mass is 459 g/mol. The summed E-state index contributed by atoms with van der Waals surface area (Å²) in [6.07, 6.45) is 1.09. The Morgan fingerprint density at radius 2 is 1.82 bits per heavy atom. The van der Waals surface area contributed by atoms with Gasteiger partial charge in [0.15, 0.2) is 6.61 Å². The summed E-state index contributed by atoms with van der Waals surface area (Å²) in [6, 6.07) is 18.9. The molecular formula is C23H17N5O6. The summed E-state index contributed by atoms with van der Waals surface area (Å²) in [4.78, 5) is 50.3. The van der Waals surface area contributed by atoms with Crippen LogP contribution in [0.5, 0.6) is 5.75 Å². The molecule has 0 unspecified atom stereocenters. The van der Waals surface area contributed by atoms with Crippen LogP contribution in [0.1, 0.15) is 5.56 Å². The lowest BCUT2D eigenvalue weighted by Crippen LogP contribution is -2.32. The van der Waals surface area contributed by atoms with Crippen molar-refractivity contribution < 1.29 is 14.5 Å². The summed E-state index contributed by atoms with van der Waals surface area (Å²) in [6.45, 7) is -0.385. The number of nitro benzene ring substituents is 1. The van der Waals surface area contributed by atoms with Gasteiger partial charge in [0.2, 0.25) is 0 Å². The van der Waals surface area contributed by atoms with E-state index < -0.39 is 22.1 Å². The summed E-state index contributed by atoms with van der Waals surface area (Å²) >= 11 is 0. The highest BCUT2D eigenvalue weighted by Crippen LogP contribution is 2.23. The fourth-order valence-electron chi connectivity index (χ4n) is 3.12. The maximum Gasteiger partial charge on any atom is 0.349 e. The third-order valence-corrected chi connectivity index (χ3v) is 4.72. The highest BCUT2D eigenvalue weighted by atomic mass is 16.6. The van der Waals surface area contributed by atoms with E-state index in [9.17, 15) is 24.5 Å². The second-order valence-corrected chi connectivity index (χ2v) is 7.02. The number of aromatic nitrogens is 2. The topological polar surface area (TPSA) is 149 Å². The number of nitro groups is 1. The fourth-order valence-corrected chi connectivity index (χ4v) is 3.12. The molecule has 0 saturated carbocycles. The summed E-state index contributed by atoms with van der Waals surface area (Å²) in [5, 5.41) is 18.0. The number of amides is 1. The fraction of sp³-hybridized carbons (Fsp3) is 0.0435. The number of ether oxygens (including phenoxy) is 1. The van der Waals surface area contributed by atoms with Crippen molar-refractivity contribution in [3.63, 3.8) is 0 Å². The van der Waals surface area contributed by atoms with Crippen molar-refractivity contribution in [2.45, 2.75) is 0 Å². The molecule has 0 aliphatic carbocycles. The molecule has 1 heterocycles. The number of aromatic amines is 1. The number of nitrogens with zero attached hydrogens (tertiary/aromatic N) is 3. The lowest BCUT2D eigenvalue weighted by molar-refractivity contribution is -0.384. The first-order chi connectivity index (χ1) is 16.4. The van der Waals surface area contributed by atoms with Gasteiger partial charge in [-0.05, 0) is 30.3 Å². The number of carbonyl (C=O) groups is 1. The zero-order valence-corrected chi connectivity index (χ0v) is 17.5. The van der Waals surface area contributed by atoms with Gasteiger partial charge in [0, 0.05) is 23.4 Å². The number of nitrogens with one attached hydrogen (secondary N) is 2. The van der Waals surface area contributed by atoms with Crippen LogP contribution in [0, 0.1) is 10.1 Å². The average molecular weight is 459 g/mol. The van der Waals surface area contributed by atoms with Crippen molar-refractivity contribution in [3.05, 3.63) is 109 Å². The van der Waals surface area contributed by atoms with E-state index in [4.69, 9.17) is 4.74 Å². The maximum absolute atomic E-state index is 12.7. The molecule has 0 atom stereocenters. The molecule has 0 aliphatic rings. The molecule has 4 aromatic rings. The molecular weight excluding hydrogens is 442 g/mol. The molecule has 2 N–H and O–H groups in total. The van der Waals surface area contributed by atoms with Gasteiger partial charge >= 0.3 is 5.69 Å². The Labute approximate surface area is 191 Å². The number of H-pyrrole nitrogens is 1. The van der Waals surface area contributed by atoms with E-state index in [1.165, 1.54) is 18.2 Å². The van der Waals surface area contributed by atoms with Gasteiger partial charge in [0.05, 0.1) is 22.0 Å². The molecule has 4 rings (SSSR count). The molecule has 11 nitrogen and oxygen atoms in total. The highest BCUT2D eigenvalue weighted by Gasteiger charge is 2.13. The van der Waals surface area contributed by atoms with Crippen LogP contribution in [-0.2, 0) is 4.79 Å². The van der Waals surface area contributed by atoms with Crippen molar-refractivity contribution in [1.82, 2.24) is 9.66 Å². The Hall–Kier alpha value is -5.06. The lowest BCUT2D eigenvalue weighted by Gasteiger charge is -2.10. The van der Waals surface area contributed by atoms with Gasteiger partial charge in [-0.1, -0.05) is 30.3 Å². The smallest absolute Gasteiger partial charge is 0.349 e. The van der Waals surface area contributed by atoms with Crippen molar-refractivity contribution >= 4 is 34.4 Å². The Bertz CT molecular complexity index is 1520. The van der Waals surface area contributed by atoms with Crippen LogP contribution in [-0.4, -0.2) is 33.3 Å². The molecule has 1 amide bonds. The van der Waals surface area contributed by atoms with Crippen molar-refractivity contribution in [2.24, 2.45) is 5.10 Å². The molecule has 1 aromatic heterocycles. The first-order valence-corrected chi connectivity index (χ1v) is 9.97. The quantitative estimate of drug-likeness (QED) is 0.246. The first-order valence-electron chi connectivity index (χ1n) is 9.97. The number of fused-ring (bicyclic) bond motifs is 1. The van der Waals surface area contributed by atoms with Crippen molar-refractivity contribution in [1.29, 1.82) is 0 Å². The van der Waals surface area contributed by atoms with Gasteiger partial charge in [-0.15, -0.1) is 4.68 Å². The number of anilines is 1. The minimum atomic E-state index is -0.782. The maximum atomic E-state index is 12.7. The minimum absolute atomic E-state index is 0.0983. The average Bonchev–Trinajstić information content (AvgIpc) is 2.83. The van der Waals surface area contributed by atoms with Crippen LogP contribution in [0.25, 0.3) is 10.9 Å². The van der Waals surface area contributed by atoms with Gasteiger partial charge in [0.1, 0.15) is 5.75 Å². The molecule has 0 radical (unpaired) electrons. The first kappa shape index (κ1) is 22.1. The third kappa shape index (κ3) is 4.88. The number of rotatable bonds is 7. The van der Waals surface area contributed by atoms with E-state index in [1.807, 2.05) is 0 Å². The summed E-state index contributed by atoms with van der Waals surface area (Å²) in [7, 11) is 0. The van der Waals surface area contributed by atoms with Gasteiger partial charge in [-0.2, -0.15) is 5.10 Å². The zero-order valence-electron chi connectivity index (χ0n) is 17.5. The second-order valence-electron chi connectivity index (χ2n) is 7.02. The Balaban J connectivity index is 1.62. The van der Waals surface area contributed by atoms with E-state index in [0.29, 0.717) is 15.9 Å². The number of hydrogen-bond acceptors (Lipinski definition) is 7. The Kier molecular flexibility index (Phi) is 6.26.